The maximum absolute atomic E-state index is 12.5. The van der Waals surface area contributed by atoms with Crippen LogP contribution in [-0.4, -0.2) is 73.3 Å². The van der Waals surface area contributed by atoms with E-state index in [2.05, 4.69) is 4.90 Å². The van der Waals surface area contributed by atoms with Crippen LogP contribution in [0.1, 0.15) is 17.7 Å². The number of carbonyl (C=O) groups excluding carboxylic acids is 1. The Hall–Kier alpha value is -0.950. The van der Waals surface area contributed by atoms with Crippen LogP contribution in [0, 0.1) is 0 Å². The number of nitrogens with zero attached hydrogens (tertiary/aromatic N) is 2. The number of thiophene rings is 1. The van der Waals surface area contributed by atoms with Gasteiger partial charge in [-0.25, -0.2) is 0 Å². The first-order valence-corrected chi connectivity index (χ1v) is 9.45. The van der Waals surface area contributed by atoms with Crippen molar-refractivity contribution in [1.82, 2.24) is 9.80 Å². The summed E-state index contributed by atoms with van der Waals surface area (Å²) in [5.41, 5.74) is 0. The number of carbonyl (C=O) groups is 1. The van der Waals surface area contributed by atoms with Crippen LogP contribution in [0.4, 0.5) is 0 Å². The van der Waals surface area contributed by atoms with Gasteiger partial charge in [0, 0.05) is 37.7 Å². The zero-order chi connectivity index (χ0) is 15.6. The van der Waals surface area contributed by atoms with E-state index in [1.54, 1.807) is 11.3 Å². The maximum atomic E-state index is 12.5. The summed E-state index contributed by atoms with van der Waals surface area (Å²) < 4.78 is 11.7. The SMILES string of the molecule is O=C(Cc1cccs1)N1C[C@@H]2OCCN(C[C@@H]3CCCO3)[C@@H]2C1. The normalized spacial score (nSPS) is 31.5. The van der Waals surface area contributed by atoms with Crippen LogP contribution in [0.3, 0.4) is 0 Å². The summed E-state index contributed by atoms with van der Waals surface area (Å²) >= 11 is 1.65. The van der Waals surface area contributed by atoms with Crippen molar-refractivity contribution in [3.63, 3.8) is 0 Å². The second-order valence-corrected chi connectivity index (χ2v) is 7.69. The maximum Gasteiger partial charge on any atom is 0.227 e. The molecule has 0 saturated carbocycles. The summed E-state index contributed by atoms with van der Waals surface area (Å²) in [4.78, 5) is 18.2. The number of hydrogen-bond donors (Lipinski definition) is 0. The average Bonchev–Trinajstić information content (AvgIpc) is 3.28. The van der Waals surface area contributed by atoms with Crippen LogP contribution < -0.4 is 0 Å². The molecule has 23 heavy (non-hydrogen) atoms. The largest absolute Gasteiger partial charge is 0.377 e. The molecule has 0 unspecified atom stereocenters. The van der Waals surface area contributed by atoms with Crippen molar-refractivity contribution in [1.29, 1.82) is 0 Å². The summed E-state index contributed by atoms with van der Waals surface area (Å²) in [6.45, 7) is 5.12. The van der Waals surface area contributed by atoms with Gasteiger partial charge in [0.25, 0.3) is 0 Å². The van der Waals surface area contributed by atoms with Gasteiger partial charge in [-0.3, -0.25) is 9.69 Å². The lowest BCUT2D eigenvalue weighted by Gasteiger charge is -2.37. The molecular formula is C17H24N2O3S. The van der Waals surface area contributed by atoms with Gasteiger partial charge < -0.3 is 14.4 Å². The second-order valence-electron chi connectivity index (χ2n) is 6.66. The Morgan fingerprint density at radius 1 is 1.30 bits per heavy atom. The van der Waals surface area contributed by atoms with E-state index in [0.29, 0.717) is 18.6 Å². The number of fused-ring (bicyclic) bond motifs is 1. The number of hydrogen-bond acceptors (Lipinski definition) is 5. The average molecular weight is 336 g/mol. The fraction of sp³-hybridized carbons (Fsp3) is 0.706. The molecule has 3 fully saturated rings. The van der Waals surface area contributed by atoms with Crippen molar-refractivity contribution in [2.75, 3.05) is 39.4 Å². The fourth-order valence-corrected chi connectivity index (χ4v) is 4.61. The van der Waals surface area contributed by atoms with E-state index in [1.165, 1.54) is 6.42 Å². The van der Waals surface area contributed by atoms with Gasteiger partial charge in [-0.1, -0.05) is 6.07 Å². The fourth-order valence-electron chi connectivity index (χ4n) is 3.91. The highest BCUT2D eigenvalue weighted by Crippen LogP contribution is 2.25. The van der Waals surface area contributed by atoms with Crippen molar-refractivity contribution in [2.45, 2.75) is 37.5 Å². The van der Waals surface area contributed by atoms with Crippen LogP contribution in [0.5, 0.6) is 0 Å². The van der Waals surface area contributed by atoms with E-state index < -0.39 is 0 Å². The molecule has 3 aliphatic rings. The lowest BCUT2D eigenvalue weighted by molar-refractivity contribution is -0.129. The first-order valence-electron chi connectivity index (χ1n) is 8.57. The van der Waals surface area contributed by atoms with E-state index in [9.17, 15) is 4.79 Å². The molecule has 3 atom stereocenters. The van der Waals surface area contributed by atoms with E-state index in [1.807, 2.05) is 22.4 Å². The first kappa shape index (κ1) is 15.6. The van der Waals surface area contributed by atoms with Gasteiger partial charge in [-0.2, -0.15) is 0 Å². The molecule has 1 aromatic rings. The van der Waals surface area contributed by atoms with Crippen LogP contribution in [-0.2, 0) is 20.7 Å². The van der Waals surface area contributed by atoms with E-state index >= 15 is 0 Å². The summed E-state index contributed by atoms with van der Waals surface area (Å²) in [6, 6.07) is 4.37. The van der Waals surface area contributed by atoms with Crippen molar-refractivity contribution >= 4 is 17.2 Å². The molecule has 0 N–H and O–H groups in total. The lowest BCUT2D eigenvalue weighted by Crippen LogP contribution is -2.52. The summed E-state index contributed by atoms with van der Waals surface area (Å²) in [5, 5.41) is 2.03. The molecule has 5 nitrogen and oxygen atoms in total. The van der Waals surface area contributed by atoms with Crippen molar-refractivity contribution < 1.29 is 14.3 Å². The molecular weight excluding hydrogens is 312 g/mol. The Morgan fingerprint density at radius 2 is 2.26 bits per heavy atom. The molecule has 3 saturated heterocycles. The van der Waals surface area contributed by atoms with E-state index in [4.69, 9.17) is 9.47 Å². The van der Waals surface area contributed by atoms with Gasteiger partial charge in [0.15, 0.2) is 0 Å². The molecule has 126 valence electrons. The van der Waals surface area contributed by atoms with Gasteiger partial charge in [0.05, 0.1) is 31.3 Å². The topological polar surface area (TPSA) is 42.0 Å². The molecule has 0 bridgehead atoms. The third-order valence-corrected chi connectivity index (χ3v) is 6.01. The Morgan fingerprint density at radius 3 is 3.04 bits per heavy atom. The van der Waals surface area contributed by atoms with Crippen molar-refractivity contribution in [3.05, 3.63) is 22.4 Å². The van der Waals surface area contributed by atoms with Gasteiger partial charge in [-0.05, 0) is 24.3 Å². The molecule has 0 radical (unpaired) electrons. The zero-order valence-electron chi connectivity index (χ0n) is 13.4. The second kappa shape index (κ2) is 6.89. The molecule has 6 heteroatoms. The molecule has 1 aromatic heterocycles. The highest BCUT2D eigenvalue weighted by atomic mass is 32.1. The number of ether oxygens (including phenoxy) is 2. The minimum atomic E-state index is 0.164. The standard InChI is InChI=1S/C17H24N2O3S/c20-17(9-14-4-2-8-23-14)19-11-15-16(12-19)22-7-5-18(15)10-13-3-1-6-21-13/h2,4,8,13,15-16H,1,3,5-7,9-12H2/t13-,15+,16-/m0/s1. The van der Waals surface area contributed by atoms with Crippen molar-refractivity contribution in [2.24, 2.45) is 0 Å². The smallest absolute Gasteiger partial charge is 0.227 e. The highest BCUT2D eigenvalue weighted by molar-refractivity contribution is 7.10. The summed E-state index contributed by atoms with van der Waals surface area (Å²) in [7, 11) is 0. The Labute approximate surface area is 141 Å². The zero-order valence-corrected chi connectivity index (χ0v) is 14.2. The van der Waals surface area contributed by atoms with Gasteiger partial charge in [0.1, 0.15) is 0 Å². The van der Waals surface area contributed by atoms with Crippen molar-refractivity contribution in [3.8, 4) is 0 Å². The van der Waals surface area contributed by atoms with Gasteiger partial charge in [-0.15, -0.1) is 11.3 Å². The predicted octanol–water partition coefficient (Wildman–Crippen LogP) is 1.38. The minimum Gasteiger partial charge on any atom is -0.377 e. The molecule has 4 heterocycles. The molecule has 0 aromatic carbocycles. The Balaban J connectivity index is 1.37. The Bertz CT molecular complexity index is 530. The monoisotopic (exact) mass is 336 g/mol. The molecule has 0 aliphatic carbocycles. The van der Waals surface area contributed by atoms with E-state index in [0.717, 1.165) is 50.7 Å². The summed E-state index contributed by atoms with van der Waals surface area (Å²) in [5.74, 6) is 0.225. The highest BCUT2D eigenvalue weighted by Gasteiger charge is 2.42. The minimum absolute atomic E-state index is 0.164. The molecule has 1 amide bonds. The van der Waals surface area contributed by atoms with Crippen LogP contribution in [0.25, 0.3) is 0 Å². The number of amides is 1. The lowest BCUT2D eigenvalue weighted by atomic mass is 10.1. The van der Waals surface area contributed by atoms with Crippen LogP contribution >= 0.6 is 11.3 Å². The van der Waals surface area contributed by atoms with Crippen LogP contribution in [0.2, 0.25) is 0 Å². The number of rotatable bonds is 4. The van der Waals surface area contributed by atoms with E-state index in [-0.39, 0.29) is 12.0 Å². The molecule has 4 rings (SSSR count). The first-order chi connectivity index (χ1) is 11.3. The van der Waals surface area contributed by atoms with Gasteiger partial charge >= 0.3 is 0 Å². The Kier molecular flexibility index (Phi) is 4.66. The third kappa shape index (κ3) is 3.45. The number of likely N-dealkylation sites (tertiary alicyclic amines) is 1. The van der Waals surface area contributed by atoms with Crippen LogP contribution in [0.15, 0.2) is 17.5 Å². The number of morpholine rings is 1. The molecule has 0 spiro atoms. The van der Waals surface area contributed by atoms with Gasteiger partial charge in [0.2, 0.25) is 5.91 Å². The predicted molar refractivity (Wildman–Crippen MR) is 88.7 cm³/mol. The quantitative estimate of drug-likeness (QED) is 0.833. The molecule has 3 aliphatic heterocycles. The third-order valence-electron chi connectivity index (χ3n) is 5.14. The summed E-state index contributed by atoms with van der Waals surface area (Å²) in [6.07, 6.45) is 3.38.